The Morgan fingerprint density at radius 3 is 2.72 bits per heavy atom. The number of aliphatic hydroxyl groups excluding tert-OH is 1. The molecule has 0 amide bonds. The molecule has 2 aromatic rings. The molecule has 1 fully saturated rings. The average Bonchev–Trinajstić information content (AvgIpc) is 3.15. The molecule has 3 nitrogen and oxygen atoms in total. The molecule has 1 aromatic heterocycles. The first-order chi connectivity index (χ1) is 8.72. The zero-order chi connectivity index (χ0) is 12.7. The van der Waals surface area contributed by atoms with E-state index < -0.39 is 0 Å². The lowest BCUT2D eigenvalue weighted by Gasteiger charge is -2.05. The van der Waals surface area contributed by atoms with Crippen LogP contribution in [-0.2, 0) is 6.61 Å². The molecule has 0 unspecified atom stereocenters. The van der Waals surface area contributed by atoms with Gasteiger partial charge in [0.05, 0.1) is 18.0 Å². The average molecular weight is 328 g/mol. The Hall–Kier alpha value is -0.840. The standard InChI is InChI=1S/C13H12BrClN2O/c14-10-3-1-2-4-11(10)17-13(15)9(7-18)12(16-17)8-5-6-8/h1-4,8,18H,5-7H2. The predicted octanol–water partition coefficient (Wildman–Crippen LogP) is 3.66. The van der Waals surface area contributed by atoms with Crippen molar-refractivity contribution in [2.45, 2.75) is 25.4 Å². The number of halogens is 2. The number of aromatic nitrogens is 2. The van der Waals surface area contributed by atoms with Gasteiger partial charge in [-0.3, -0.25) is 0 Å². The number of hydrogen-bond donors (Lipinski definition) is 1. The lowest BCUT2D eigenvalue weighted by Crippen LogP contribution is -1.98. The maximum Gasteiger partial charge on any atom is 0.138 e. The van der Waals surface area contributed by atoms with Crippen molar-refractivity contribution in [3.8, 4) is 5.69 Å². The van der Waals surface area contributed by atoms with Crippen LogP contribution >= 0.6 is 27.5 Å². The Morgan fingerprint density at radius 1 is 1.39 bits per heavy atom. The minimum atomic E-state index is -0.0604. The van der Waals surface area contributed by atoms with Crippen molar-refractivity contribution in [3.05, 3.63) is 45.1 Å². The third kappa shape index (κ3) is 1.98. The van der Waals surface area contributed by atoms with E-state index in [4.69, 9.17) is 11.6 Å². The molecule has 94 valence electrons. The number of nitrogens with zero attached hydrogens (tertiary/aromatic N) is 2. The van der Waals surface area contributed by atoms with Crippen LogP contribution in [0.1, 0.15) is 30.0 Å². The molecule has 0 saturated heterocycles. The monoisotopic (exact) mass is 326 g/mol. The number of benzene rings is 1. The fraction of sp³-hybridized carbons (Fsp3) is 0.308. The lowest BCUT2D eigenvalue weighted by atomic mass is 10.2. The normalized spacial score (nSPS) is 15.1. The van der Waals surface area contributed by atoms with Crippen LogP contribution in [0.4, 0.5) is 0 Å². The molecule has 0 atom stereocenters. The Kier molecular flexibility index (Phi) is 3.18. The topological polar surface area (TPSA) is 38.1 Å². The summed E-state index contributed by atoms with van der Waals surface area (Å²) in [5, 5.41) is 14.5. The minimum Gasteiger partial charge on any atom is -0.391 e. The summed E-state index contributed by atoms with van der Waals surface area (Å²) in [5.41, 5.74) is 2.59. The number of rotatable bonds is 3. The van der Waals surface area contributed by atoms with Gasteiger partial charge in [0.2, 0.25) is 0 Å². The molecule has 1 N–H and O–H groups in total. The number of aliphatic hydroxyl groups is 1. The van der Waals surface area contributed by atoms with Gasteiger partial charge in [-0.25, -0.2) is 4.68 Å². The van der Waals surface area contributed by atoms with Gasteiger partial charge < -0.3 is 5.11 Å². The number of para-hydroxylation sites is 1. The Morgan fingerprint density at radius 2 is 2.11 bits per heavy atom. The van der Waals surface area contributed by atoms with Crippen LogP contribution in [-0.4, -0.2) is 14.9 Å². The third-order valence-corrected chi connectivity index (χ3v) is 4.21. The molecule has 0 aliphatic heterocycles. The van der Waals surface area contributed by atoms with E-state index in [-0.39, 0.29) is 6.61 Å². The van der Waals surface area contributed by atoms with Crippen molar-refractivity contribution < 1.29 is 5.11 Å². The van der Waals surface area contributed by atoms with Crippen LogP contribution in [0, 0.1) is 0 Å². The fourth-order valence-electron chi connectivity index (χ4n) is 2.06. The van der Waals surface area contributed by atoms with Gasteiger partial charge in [-0.1, -0.05) is 23.7 Å². The molecule has 18 heavy (non-hydrogen) atoms. The zero-order valence-electron chi connectivity index (χ0n) is 9.61. The Bertz CT molecular complexity index is 593. The molecular formula is C13H12BrClN2O. The second-order valence-corrected chi connectivity index (χ2v) is 5.66. The van der Waals surface area contributed by atoms with Crippen molar-refractivity contribution in [2.24, 2.45) is 0 Å². The fourth-order valence-corrected chi connectivity index (χ4v) is 2.80. The molecule has 3 rings (SSSR count). The molecule has 0 spiro atoms. The van der Waals surface area contributed by atoms with Gasteiger partial charge in [0.1, 0.15) is 5.15 Å². The highest BCUT2D eigenvalue weighted by atomic mass is 79.9. The van der Waals surface area contributed by atoms with Crippen molar-refractivity contribution in [1.29, 1.82) is 0 Å². The van der Waals surface area contributed by atoms with Crippen molar-refractivity contribution in [3.63, 3.8) is 0 Å². The molecule has 1 aliphatic carbocycles. The van der Waals surface area contributed by atoms with E-state index in [1.165, 1.54) is 0 Å². The second kappa shape index (κ2) is 4.68. The quantitative estimate of drug-likeness (QED) is 0.934. The Balaban J connectivity index is 2.15. The SMILES string of the molecule is OCc1c(C2CC2)nn(-c2ccccc2Br)c1Cl. The van der Waals surface area contributed by atoms with E-state index in [0.717, 1.165) is 34.3 Å². The molecule has 0 radical (unpaired) electrons. The summed E-state index contributed by atoms with van der Waals surface area (Å²) >= 11 is 9.82. The minimum absolute atomic E-state index is 0.0604. The molecule has 1 heterocycles. The summed E-state index contributed by atoms with van der Waals surface area (Å²) in [4.78, 5) is 0. The van der Waals surface area contributed by atoms with Crippen molar-refractivity contribution >= 4 is 27.5 Å². The first-order valence-electron chi connectivity index (χ1n) is 5.85. The van der Waals surface area contributed by atoms with Crippen LogP contribution in [0.25, 0.3) is 5.69 Å². The molecule has 1 saturated carbocycles. The third-order valence-electron chi connectivity index (χ3n) is 3.15. The van der Waals surface area contributed by atoms with Gasteiger partial charge in [-0.15, -0.1) is 0 Å². The van der Waals surface area contributed by atoms with Gasteiger partial charge >= 0.3 is 0 Å². The second-order valence-electron chi connectivity index (χ2n) is 4.45. The van der Waals surface area contributed by atoms with E-state index in [1.807, 2.05) is 24.3 Å². The van der Waals surface area contributed by atoms with Crippen LogP contribution in [0.2, 0.25) is 5.15 Å². The highest BCUT2D eigenvalue weighted by Gasteiger charge is 2.31. The van der Waals surface area contributed by atoms with Gasteiger partial charge in [0, 0.05) is 16.0 Å². The van der Waals surface area contributed by atoms with E-state index >= 15 is 0 Å². The molecule has 5 heteroatoms. The summed E-state index contributed by atoms with van der Waals surface area (Å²) in [6.45, 7) is -0.0604. The summed E-state index contributed by atoms with van der Waals surface area (Å²) in [6.07, 6.45) is 2.27. The largest absolute Gasteiger partial charge is 0.391 e. The van der Waals surface area contributed by atoms with Gasteiger partial charge in [0.15, 0.2) is 0 Å². The van der Waals surface area contributed by atoms with E-state index in [1.54, 1.807) is 4.68 Å². The summed E-state index contributed by atoms with van der Waals surface area (Å²) in [7, 11) is 0. The summed E-state index contributed by atoms with van der Waals surface area (Å²) in [5.74, 6) is 0.466. The maximum absolute atomic E-state index is 9.46. The van der Waals surface area contributed by atoms with Crippen LogP contribution in [0.15, 0.2) is 28.7 Å². The first kappa shape index (κ1) is 12.2. The van der Waals surface area contributed by atoms with Crippen molar-refractivity contribution in [2.75, 3.05) is 0 Å². The van der Waals surface area contributed by atoms with E-state index in [0.29, 0.717) is 11.1 Å². The van der Waals surface area contributed by atoms with Gasteiger partial charge in [-0.05, 0) is 40.9 Å². The highest BCUT2D eigenvalue weighted by Crippen LogP contribution is 2.43. The number of hydrogen-bond acceptors (Lipinski definition) is 2. The Labute approximate surface area is 119 Å². The van der Waals surface area contributed by atoms with Gasteiger partial charge in [-0.2, -0.15) is 5.10 Å². The zero-order valence-corrected chi connectivity index (χ0v) is 11.9. The summed E-state index contributed by atoms with van der Waals surface area (Å²) < 4.78 is 2.63. The van der Waals surface area contributed by atoms with E-state index in [9.17, 15) is 5.11 Å². The van der Waals surface area contributed by atoms with E-state index in [2.05, 4.69) is 21.0 Å². The van der Waals surface area contributed by atoms with Gasteiger partial charge in [0.25, 0.3) is 0 Å². The first-order valence-corrected chi connectivity index (χ1v) is 7.02. The molecule has 0 bridgehead atoms. The smallest absolute Gasteiger partial charge is 0.138 e. The molecule has 1 aliphatic rings. The summed E-state index contributed by atoms with van der Waals surface area (Å²) in [6, 6.07) is 7.77. The maximum atomic E-state index is 9.46. The van der Waals surface area contributed by atoms with Crippen molar-refractivity contribution in [1.82, 2.24) is 9.78 Å². The molecular weight excluding hydrogens is 316 g/mol. The molecule has 1 aromatic carbocycles. The highest BCUT2D eigenvalue weighted by molar-refractivity contribution is 9.10. The lowest BCUT2D eigenvalue weighted by molar-refractivity contribution is 0.280. The van der Waals surface area contributed by atoms with Crippen LogP contribution < -0.4 is 0 Å². The van der Waals surface area contributed by atoms with Crippen LogP contribution in [0.3, 0.4) is 0 Å². The predicted molar refractivity (Wildman–Crippen MR) is 74.2 cm³/mol. The van der Waals surface area contributed by atoms with Crippen LogP contribution in [0.5, 0.6) is 0 Å².